The highest BCUT2D eigenvalue weighted by Crippen LogP contribution is 2.37. The number of hydrogen-bond donors (Lipinski definition) is 0. The minimum atomic E-state index is -0.701. The fourth-order valence-electron chi connectivity index (χ4n) is 3.29. The summed E-state index contributed by atoms with van der Waals surface area (Å²) in [4.78, 5) is 25.6. The van der Waals surface area contributed by atoms with Crippen molar-refractivity contribution in [2.75, 3.05) is 20.8 Å². The summed E-state index contributed by atoms with van der Waals surface area (Å²) in [6.07, 6.45) is 3.03. The number of methoxy groups -OCH3 is 2. The summed E-state index contributed by atoms with van der Waals surface area (Å²) in [5.74, 6) is -0.837. The second-order valence-corrected chi connectivity index (χ2v) is 7.91. The molecule has 0 amide bonds. The molecule has 0 unspecified atom stereocenters. The molecule has 0 aliphatic carbocycles. The maximum absolute atomic E-state index is 12.9. The average molecular weight is 501 g/mol. The summed E-state index contributed by atoms with van der Waals surface area (Å²) in [7, 11) is 2.52. The molecule has 0 N–H and O–H groups in total. The van der Waals surface area contributed by atoms with E-state index in [4.69, 9.17) is 14.2 Å². The topological polar surface area (TPSA) is 79.7 Å². The normalized spacial score (nSPS) is 10.6. The Labute approximate surface area is 195 Å². The van der Waals surface area contributed by atoms with Gasteiger partial charge in [-0.2, -0.15) is 5.10 Å². The first kappa shape index (κ1) is 23.5. The van der Waals surface area contributed by atoms with Crippen molar-refractivity contribution in [2.24, 2.45) is 0 Å². The van der Waals surface area contributed by atoms with Crippen molar-refractivity contribution >= 4 is 27.9 Å². The Morgan fingerprint density at radius 2 is 1.72 bits per heavy atom. The van der Waals surface area contributed by atoms with Gasteiger partial charge in [0.15, 0.2) is 5.69 Å². The van der Waals surface area contributed by atoms with E-state index in [-0.39, 0.29) is 17.0 Å². The van der Waals surface area contributed by atoms with E-state index in [0.717, 1.165) is 23.7 Å². The maximum atomic E-state index is 12.9. The number of carbonyl (C=O) groups excluding carboxylic acids is 2. The smallest absolute Gasteiger partial charge is 0.357 e. The number of unbranched alkanes of at least 4 members (excludes halogenated alkanes) is 2. The zero-order chi connectivity index (χ0) is 23.1. The molecule has 0 spiro atoms. The van der Waals surface area contributed by atoms with E-state index in [2.05, 4.69) is 28.0 Å². The van der Waals surface area contributed by atoms with Gasteiger partial charge in [-0.3, -0.25) is 0 Å². The van der Waals surface area contributed by atoms with Gasteiger partial charge in [0, 0.05) is 10.0 Å². The lowest BCUT2D eigenvalue weighted by Crippen LogP contribution is -2.15. The average Bonchev–Trinajstić information content (AvgIpc) is 3.22. The summed E-state index contributed by atoms with van der Waals surface area (Å²) in [5, 5.41) is 4.65. The molecule has 3 aromatic rings. The Morgan fingerprint density at radius 3 is 2.38 bits per heavy atom. The van der Waals surface area contributed by atoms with E-state index in [9.17, 15) is 9.59 Å². The molecule has 8 heteroatoms. The second kappa shape index (κ2) is 10.9. The summed E-state index contributed by atoms with van der Waals surface area (Å²) >= 11 is 3.48. The lowest BCUT2D eigenvalue weighted by Gasteiger charge is -2.12. The largest absolute Gasteiger partial charge is 0.493 e. The van der Waals surface area contributed by atoms with Crippen LogP contribution in [0.3, 0.4) is 0 Å². The van der Waals surface area contributed by atoms with E-state index in [0.29, 0.717) is 23.6 Å². The highest BCUT2D eigenvalue weighted by atomic mass is 79.9. The number of hydrogen-bond acceptors (Lipinski definition) is 6. The van der Waals surface area contributed by atoms with Gasteiger partial charge in [-0.25, -0.2) is 14.3 Å². The molecule has 3 rings (SSSR count). The van der Waals surface area contributed by atoms with Gasteiger partial charge in [0.05, 0.1) is 26.5 Å². The molecule has 32 heavy (non-hydrogen) atoms. The van der Waals surface area contributed by atoms with Crippen LogP contribution in [0.5, 0.6) is 5.75 Å². The van der Waals surface area contributed by atoms with Gasteiger partial charge in [0.25, 0.3) is 0 Å². The number of nitrogens with zero attached hydrogens (tertiary/aromatic N) is 2. The van der Waals surface area contributed by atoms with Crippen molar-refractivity contribution in [3.05, 3.63) is 64.3 Å². The molecule has 0 saturated heterocycles. The molecule has 0 saturated carbocycles. The predicted molar refractivity (Wildman–Crippen MR) is 124 cm³/mol. The first-order valence-corrected chi connectivity index (χ1v) is 11.1. The van der Waals surface area contributed by atoms with Crippen LogP contribution in [0.25, 0.3) is 16.9 Å². The van der Waals surface area contributed by atoms with Crippen LogP contribution in [0.2, 0.25) is 0 Å². The Kier molecular flexibility index (Phi) is 8.05. The quantitative estimate of drug-likeness (QED) is 0.287. The number of ether oxygens (including phenoxy) is 3. The van der Waals surface area contributed by atoms with Crippen LogP contribution < -0.4 is 4.74 Å². The number of rotatable bonds is 9. The molecule has 1 aromatic heterocycles. The van der Waals surface area contributed by atoms with Gasteiger partial charge in [-0.1, -0.05) is 53.9 Å². The summed E-state index contributed by atoms with van der Waals surface area (Å²) < 4.78 is 18.2. The Hall–Kier alpha value is -3.13. The minimum absolute atomic E-state index is 0.0136. The van der Waals surface area contributed by atoms with Crippen LogP contribution in [0.4, 0.5) is 0 Å². The van der Waals surface area contributed by atoms with Gasteiger partial charge in [0.1, 0.15) is 17.0 Å². The third-order valence-corrected chi connectivity index (χ3v) is 5.35. The van der Waals surface area contributed by atoms with Crippen LogP contribution in [-0.4, -0.2) is 42.5 Å². The lowest BCUT2D eigenvalue weighted by molar-refractivity contribution is 0.0549. The minimum Gasteiger partial charge on any atom is -0.493 e. The van der Waals surface area contributed by atoms with Gasteiger partial charge in [-0.15, -0.1) is 0 Å². The zero-order valence-corrected chi connectivity index (χ0v) is 19.8. The number of halogens is 1. The number of carbonyl (C=O) groups is 2. The van der Waals surface area contributed by atoms with Crippen LogP contribution in [0.1, 0.15) is 47.0 Å². The van der Waals surface area contributed by atoms with Gasteiger partial charge >= 0.3 is 11.9 Å². The summed E-state index contributed by atoms with van der Waals surface area (Å²) in [6, 6.07) is 14.5. The molecule has 1 heterocycles. The van der Waals surface area contributed by atoms with E-state index < -0.39 is 11.9 Å². The molecule has 168 valence electrons. The van der Waals surface area contributed by atoms with E-state index in [1.165, 1.54) is 18.9 Å². The highest BCUT2D eigenvalue weighted by molar-refractivity contribution is 9.10. The Morgan fingerprint density at radius 1 is 1.00 bits per heavy atom. The number of aromatic nitrogens is 2. The van der Waals surface area contributed by atoms with E-state index in [1.807, 2.05) is 30.3 Å². The zero-order valence-electron chi connectivity index (χ0n) is 18.3. The standard InChI is InChI=1S/C24H25BrN2O5/c1-4-5-9-14-32-19-13-12-16(25)15-18(19)21-20(23(28)30-2)22(24(29)31-3)27(26-21)17-10-7-6-8-11-17/h6-8,10-13,15H,4-5,9,14H2,1-3H3. The van der Waals surface area contributed by atoms with Crippen molar-refractivity contribution in [3.8, 4) is 22.7 Å². The van der Waals surface area contributed by atoms with Gasteiger partial charge in [0.2, 0.25) is 0 Å². The Balaban J connectivity index is 2.25. The van der Waals surface area contributed by atoms with Crippen LogP contribution in [0.15, 0.2) is 53.0 Å². The first-order valence-electron chi connectivity index (χ1n) is 10.3. The maximum Gasteiger partial charge on any atom is 0.357 e. The fourth-order valence-corrected chi connectivity index (χ4v) is 3.65. The summed E-state index contributed by atoms with van der Waals surface area (Å²) in [6.45, 7) is 2.65. The van der Waals surface area contributed by atoms with Crippen LogP contribution >= 0.6 is 15.9 Å². The monoisotopic (exact) mass is 500 g/mol. The summed E-state index contributed by atoms with van der Waals surface area (Å²) in [5.41, 5.74) is 1.44. The van der Waals surface area contributed by atoms with Crippen molar-refractivity contribution in [2.45, 2.75) is 26.2 Å². The van der Waals surface area contributed by atoms with Crippen molar-refractivity contribution in [1.82, 2.24) is 9.78 Å². The van der Waals surface area contributed by atoms with E-state index >= 15 is 0 Å². The molecular formula is C24H25BrN2O5. The molecule has 7 nitrogen and oxygen atoms in total. The molecule has 2 aromatic carbocycles. The third-order valence-electron chi connectivity index (χ3n) is 4.86. The highest BCUT2D eigenvalue weighted by Gasteiger charge is 2.32. The van der Waals surface area contributed by atoms with Gasteiger partial charge < -0.3 is 14.2 Å². The Bertz CT molecular complexity index is 1100. The molecule has 0 fully saturated rings. The molecule has 0 aliphatic rings. The molecule has 0 bridgehead atoms. The number of benzene rings is 2. The van der Waals surface area contributed by atoms with Crippen molar-refractivity contribution in [1.29, 1.82) is 0 Å². The van der Waals surface area contributed by atoms with Crippen LogP contribution in [-0.2, 0) is 9.47 Å². The first-order chi connectivity index (χ1) is 15.5. The second-order valence-electron chi connectivity index (χ2n) is 7.00. The molecule has 0 atom stereocenters. The molecule has 0 radical (unpaired) electrons. The lowest BCUT2D eigenvalue weighted by atomic mass is 10.0. The predicted octanol–water partition coefficient (Wildman–Crippen LogP) is 5.44. The van der Waals surface area contributed by atoms with Crippen LogP contribution in [0, 0.1) is 0 Å². The molecular weight excluding hydrogens is 476 g/mol. The SMILES string of the molecule is CCCCCOc1ccc(Br)cc1-c1nn(-c2ccccc2)c(C(=O)OC)c1C(=O)OC. The number of esters is 2. The van der Waals surface area contributed by atoms with Crippen molar-refractivity contribution < 1.29 is 23.8 Å². The third kappa shape index (κ3) is 5.02. The van der Waals surface area contributed by atoms with Gasteiger partial charge in [-0.05, 0) is 36.8 Å². The number of para-hydroxylation sites is 1. The van der Waals surface area contributed by atoms with E-state index in [1.54, 1.807) is 18.2 Å². The van der Waals surface area contributed by atoms with Crippen molar-refractivity contribution in [3.63, 3.8) is 0 Å². The fraction of sp³-hybridized carbons (Fsp3) is 0.292. The molecule has 0 aliphatic heterocycles.